The molecule has 0 fully saturated rings. The van der Waals surface area contributed by atoms with Crippen molar-refractivity contribution in [2.24, 2.45) is 5.92 Å². The van der Waals surface area contributed by atoms with Crippen LogP contribution < -0.4 is 5.32 Å². The van der Waals surface area contributed by atoms with Crippen molar-refractivity contribution in [3.05, 3.63) is 20.8 Å². The summed E-state index contributed by atoms with van der Waals surface area (Å²) in [5, 5.41) is 15.1. The van der Waals surface area contributed by atoms with Gasteiger partial charge in [0.15, 0.2) is 0 Å². The number of aliphatic hydroxyl groups is 1. The number of rotatable bonds is 5. The van der Waals surface area contributed by atoms with Crippen LogP contribution in [0.1, 0.15) is 31.7 Å². The van der Waals surface area contributed by atoms with Crippen LogP contribution in [0.25, 0.3) is 0 Å². The Kier molecular flexibility index (Phi) is 5.26. The van der Waals surface area contributed by atoms with Gasteiger partial charge in [-0.05, 0) is 34.8 Å². The van der Waals surface area contributed by atoms with Crippen LogP contribution in [0, 0.1) is 5.92 Å². The van der Waals surface area contributed by atoms with Crippen molar-refractivity contribution in [2.75, 3.05) is 6.54 Å². The van der Waals surface area contributed by atoms with Crippen molar-refractivity contribution in [2.45, 2.75) is 32.9 Å². The molecule has 0 aliphatic carbocycles. The second kappa shape index (κ2) is 5.99. The van der Waals surface area contributed by atoms with E-state index in [-0.39, 0.29) is 6.10 Å². The summed E-state index contributed by atoms with van der Waals surface area (Å²) in [5.74, 6) is 0.305. The summed E-state index contributed by atoms with van der Waals surface area (Å²) in [4.78, 5) is 1.29. The fraction of sp³-hybridized carbons (Fsp3) is 0.636. The van der Waals surface area contributed by atoms with E-state index in [0.717, 1.165) is 4.47 Å². The van der Waals surface area contributed by atoms with Crippen molar-refractivity contribution in [1.82, 2.24) is 5.32 Å². The lowest BCUT2D eigenvalue weighted by molar-refractivity contribution is 0.121. The molecule has 0 amide bonds. The Morgan fingerprint density at radius 1 is 1.47 bits per heavy atom. The number of hydrogen-bond donors (Lipinski definition) is 2. The summed E-state index contributed by atoms with van der Waals surface area (Å²) in [5.41, 5.74) is 0. The molecule has 0 saturated heterocycles. The quantitative estimate of drug-likeness (QED) is 0.873. The molecule has 86 valence electrons. The SMILES string of the molecule is CC(NCC(O)C(C)C)c1cc(Br)cs1. The van der Waals surface area contributed by atoms with Crippen LogP contribution in [0.4, 0.5) is 0 Å². The fourth-order valence-electron chi connectivity index (χ4n) is 1.19. The summed E-state index contributed by atoms with van der Waals surface area (Å²) in [6.45, 7) is 6.82. The highest BCUT2D eigenvalue weighted by Gasteiger charge is 2.12. The predicted molar refractivity (Wildman–Crippen MR) is 69.3 cm³/mol. The molecule has 0 aliphatic rings. The molecular formula is C11H18BrNOS. The van der Waals surface area contributed by atoms with Gasteiger partial charge < -0.3 is 10.4 Å². The molecular weight excluding hydrogens is 274 g/mol. The lowest BCUT2D eigenvalue weighted by atomic mass is 10.1. The monoisotopic (exact) mass is 291 g/mol. The van der Waals surface area contributed by atoms with E-state index in [0.29, 0.717) is 18.5 Å². The molecule has 2 nitrogen and oxygen atoms in total. The largest absolute Gasteiger partial charge is 0.392 e. The van der Waals surface area contributed by atoms with E-state index in [1.54, 1.807) is 11.3 Å². The molecule has 1 rings (SSSR count). The molecule has 1 aromatic rings. The second-order valence-corrected chi connectivity index (χ2v) is 5.97. The summed E-state index contributed by atoms with van der Waals surface area (Å²) < 4.78 is 1.13. The summed E-state index contributed by atoms with van der Waals surface area (Å²) in [6, 6.07) is 2.42. The molecule has 0 spiro atoms. The maximum Gasteiger partial charge on any atom is 0.0687 e. The highest BCUT2D eigenvalue weighted by Crippen LogP contribution is 2.25. The Labute approximate surface area is 104 Å². The van der Waals surface area contributed by atoms with Gasteiger partial charge in [0, 0.05) is 27.3 Å². The summed E-state index contributed by atoms with van der Waals surface area (Å²) >= 11 is 5.16. The third kappa shape index (κ3) is 4.23. The van der Waals surface area contributed by atoms with E-state index in [9.17, 15) is 5.11 Å². The van der Waals surface area contributed by atoms with Crippen LogP contribution in [0.5, 0.6) is 0 Å². The van der Waals surface area contributed by atoms with E-state index in [1.807, 2.05) is 13.8 Å². The van der Waals surface area contributed by atoms with Crippen LogP contribution >= 0.6 is 27.3 Å². The molecule has 1 heterocycles. The smallest absolute Gasteiger partial charge is 0.0687 e. The molecule has 1 aromatic heterocycles. The van der Waals surface area contributed by atoms with E-state index >= 15 is 0 Å². The van der Waals surface area contributed by atoms with E-state index in [4.69, 9.17) is 0 Å². The number of aliphatic hydroxyl groups excluding tert-OH is 1. The van der Waals surface area contributed by atoms with Crippen molar-refractivity contribution in [3.8, 4) is 0 Å². The Balaban J connectivity index is 2.39. The molecule has 2 atom stereocenters. The number of hydrogen-bond acceptors (Lipinski definition) is 3. The highest BCUT2D eigenvalue weighted by atomic mass is 79.9. The molecule has 0 aliphatic heterocycles. The first-order valence-corrected chi connectivity index (χ1v) is 6.83. The molecule has 0 bridgehead atoms. The van der Waals surface area contributed by atoms with Gasteiger partial charge in [0.05, 0.1) is 6.10 Å². The fourth-order valence-corrected chi connectivity index (χ4v) is 2.67. The van der Waals surface area contributed by atoms with Gasteiger partial charge in [0.1, 0.15) is 0 Å². The minimum Gasteiger partial charge on any atom is -0.392 e. The van der Waals surface area contributed by atoms with E-state index < -0.39 is 0 Å². The minimum absolute atomic E-state index is 0.268. The van der Waals surface area contributed by atoms with Crippen LogP contribution in [0.15, 0.2) is 15.9 Å². The molecule has 15 heavy (non-hydrogen) atoms. The van der Waals surface area contributed by atoms with Crippen LogP contribution in [-0.4, -0.2) is 17.8 Å². The van der Waals surface area contributed by atoms with Crippen molar-refractivity contribution in [3.63, 3.8) is 0 Å². The van der Waals surface area contributed by atoms with Gasteiger partial charge in [0.2, 0.25) is 0 Å². The molecule has 2 N–H and O–H groups in total. The molecule has 0 saturated carbocycles. The topological polar surface area (TPSA) is 32.3 Å². The van der Waals surface area contributed by atoms with E-state index in [2.05, 4.69) is 39.6 Å². The first kappa shape index (κ1) is 13.2. The number of thiophene rings is 1. The Bertz CT molecular complexity index is 301. The highest BCUT2D eigenvalue weighted by molar-refractivity contribution is 9.10. The van der Waals surface area contributed by atoms with Crippen LogP contribution in [0.3, 0.4) is 0 Å². The minimum atomic E-state index is -0.268. The maximum absolute atomic E-state index is 9.66. The zero-order valence-electron chi connectivity index (χ0n) is 9.33. The Morgan fingerprint density at radius 3 is 2.60 bits per heavy atom. The first-order valence-electron chi connectivity index (χ1n) is 5.16. The average Bonchev–Trinajstić information content (AvgIpc) is 2.60. The maximum atomic E-state index is 9.66. The van der Waals surface area contributed by atoms with Crippen molar-refractivity contribution in [1.29, 1.82) is 0 Å². The molecule has 4 heteroatoms. The zero-order valence-corrected chi connectivity index (χ0v) is 11.7. The van der Waals surface area contributed by atoms with E-state index in [1.165, 1.54) is 4.88 Å². The predicted octanol–water partition coefficient (Wildman–Crippen LogP) is 3.18. The van der Waals surface area contributed by atoms with Gasteiger partial charge in [-0.1, -0.05) is 13.8 Å². The number of halogens is 1. The van der Waals surface area contributed by atoms with Gasteiger partial charge in [-0.2, -0.15) is 0 Å². The normalized spacial score (nSPS) is 15.6. The summed E-state index contributed by atoms with van der Waals surface area (Å²) in [6.07, 6.45) is -0.268. The molecule has 2 unspecified atom stereocenters. The standard InChI is InChI=1S/C11H18BrNOS/c1-7(2)10(14)5-13-8(3)11-4-9(12)6-15-11/h4,6-8,10,13-14H,5H2,1-3H3. The van der Waals surface area contributed by atoms with Gasteiger partial charge in [0.25, 0.3) is 0 Å². The van der Waals surface area contributed by atoms with Gasteiger partial charge in [-0.25, -0.2) is 0 Å². The van der Waals surface area contributed by atoms with Crippen molar-refractivity contribution >= 4 is 27.3 Å². The summed E-state index contributed by atoms with van der Waals surface area (Å²) in [7, 11) is 0. The first-order chi connectivity index (χ1) is 7.00. The van der Waals surface area contributed by atoms with Crippen LogP contribution in [-0.2, 0) is 0 Å². The average molecular weight is 292 g/mol. The number of nitrogens with one attached hydrogen (secondary N) is 1. The molecule has 0 aromatic carbocycles. The second-order valence-electron chi connectivity index (χ2n) is 4.11. The van der Waals surface area contributed by atoms with Gasteiger partial charge >= 0.3 is 0 Å². The zero-order chi connectivity index (χ0) is 11.4. The lowest BCUT2D eigenvalue weighted by Crippen LogP contribution is -2.31. The third-order valence-corrected chi connectivity index (χ3v) is 4.29. The van der Waals surface area contributed by atoms with Crippen molar-refractivity contribution < 1.29 is 5.11 Å². The Morgan fingerprint density at radius 2 is 2.13 bits per heavy atom. The molecule has 0 radical (unpaired) electrons. The van der Waals surface area contributed by atoms with Gasteiger partial charge in [-0.3, -0.25) is 0 Å². The Hall–Kier alpha value is 0.1000. The third-order valence-electron chi connectivity index (χ3n) is 2.42. The van der Waals surface area contributed by atoms with Gasteiger partial charge in [-0.15, -0.1) is 11.3 Å². The lowest BCUT2D eigenvalue weighted by Gasteiger charge is -2.18. The van der Waals surface area contributed by atoms with Crippen LogP contribution in [0.2, 0.25) is 0 Å².